The molecular weight excluding hydrogens is 230 g/mol. The number of ether oxygens (including phenoxy) is 1. The zero-order chi connectivity index (χ0) is 13.0. The first-order valence-corrected chi connectivity index (χ1v) is 6.19. The Bertz CT molecular complexity index is 422. The summed E-state index contributed by atoms with van der Waals surface area (Å²) in [4.78, 5) is 18.0. The van der Waals surface area contributed by atoms with Crippen molar-refractivity contribution < 1.29 is 9.53 Å². The zero-order valence-corrected chi connectivity index (χ0v) is 10.6. The van der Waals surface area contributed by atoms with Crippen LogP contribution in [0.25, 0.3) is 0 Å². The lowest BCUT2D eigenvalue weighted by Gasteiger charge is -2.15. The molecule has 1 unspecified atom stereocenters. The van der Waals surface area contributed by atoms with E-state index in [9.17, 15) is 4.79 Å². The summed E-state index contributed by atoms with van der Waals surface area (Å²) in [5, 5.41) is 0. The molecule has 0 saturated carbocycles. The molecule has 0 spiro atoms. The monoisotopic (exact) mass is 249 g/mol. The molecule has 18 heavy (non-hydrogen) atoms. The van der Waals surface area contributed by atoms with Crippen molar-refractivity contribution in [2.45, 2.75) is 13.0 Å². The standard InChI is InChI=1S/C13H19N3O2/c1-18-13(17)12-4-2-3-11(15-12)9-16-6-5-10(7-14)8-16/h2-4,10H,5-9,14H2,1H3. The highest BCUT2D eigenvalue weighted by molar-refractivity contribution is 5.87. The van der Waals surface area contributed by atoms with Crippen LogP contribution in [0.15, 0.2) is 18.2 Å². The van der Waals surface area contributed by atoms with Gasteiger partial charge in [-0.05, 0) is 37.6 Å². The topological polar surface area (TPSA) is 68.5 Å². The number of nitrogens with zero attached hydrogens (tertiary/aromatic N) is 2. The number of rotatable bonds is 4. The van der Waals surface area contributed by atoms with Gasteiger partial charge in [-0.25, -0.2) is 9.78 Å². The summed E-state index contributed by atoms with van der Waals surface area (Å²) in [6.45, 7) is 3.57. The highest BCUT2D eigenvalue weighted by Crippen LogP contribution is 2.17. The minimum atomic E-state index is -0.391. The predicted molar refractivity (Wildman–Crippen MR) is 68.0 cm³/mol. The molecule has 1 fully saturated rings. The Labute approximate surface area is 107 Å². The van der Waals surface area contributed by atoms with E-state index in [1.54, 1.807) is 6.07 Å². The number of methoxy groups -OCH3 is 1. The number of hydrogen-bond donors (Lipinski definition) is 1. The minimum Gasteiger partial charge on any atom is -0.464 e. The van der Waals surface area contributed by atoms with Gasteiger partial charge in [0.2, 0.25) is 0 Å². The summed E-state index contributed by atoms with van der Waals surface area (Å²) in [6, 6.07) is 5.44. The molecule has 1 aromatic heterocycles. The molecule has 2 heterocycles. The van der Waals surface area contributed by atoms with Gasteiger partial charge in [-0.1, -0.05) is 6.07 Å². The lowest BCUT2D eigenvalue weighted by atomic mass is 10.1. The Hall–Kier alpha value is -1.46. The van der Waals surface area contributed by atoms with Crippen molar-refractivity contribution in [1.82, 2.24) is 9.88 Å². The van der Waals surface area contributed by atoms with Crippen molar-refractivity contribution >= 4 is 5.97 Å². The first-order valence-electron chi connectivity index (χ1n) is 6.19. The molecule has 5 heteroatoms. The van der Waals surface area contributed by atoms with Crippen molar-refractivity contribution in [3.63, 3.8) is 0 Å². The van der Waals surface area contributed by atoms with Crippen LogP contribution in [-0.2, 0) is 11.3 Å². The number of likely N-dealkylation sites (tertiary alicyclic amines) is 1. The van der Waals surface area contributed by atoms with Gasteiger partial charge in [0, 0.05) is 13.1 Å². The van der Waals surface area contributed by atoms with Crippen molar-refractivity contribution in [1.29, 1.82) is 0 Å². The molecule has 1 aromatic rings. The average molecular weight is 249 g/mol. The van der Waals surface area contributed by atoms with Gasteiger partial charge < -0.3 is 10.5 Å². The molecule has 2 N–H and O–H groups in total. The summed E-state index contributed by atoms with van der Waals surface area (Å²) in [6.07, 6.45) is 1.15. The van der Waals surface area contributed by atoms with Crippen molar-refractivity contribution in [2.24, 2.45) is 11.7 Å². The maximum Gasteiger partial charge on any atom is 0.356 e. The summed E-state index contributed by atoms with van der Waals surface area (Å²) in [5.74, 6) is 0.201. The van der Waals surface area contributed by atoms with Crippen LogP contribution in [0, 0.1) is 5.92 Å². The van der Waals surface area contributed by atoms with Gasteiger partial charge in [0.15, 0.2) is 0 Å². The van der Waals surface area contributed by atoms with E-state index >= 15 is 0 Å². The summed E-state index contributed by atoms with van der Waals surface area (Å²) >= 11 is 0. The number of hydrogen-bond acceptors (Lipinski definition) is 5. The molecule has 1 aliphatic rings. The Morgan fingerprint density at radius 1 is 1.61 bits per heavy atom. The second-order valence-electron chi connectivity index (χ2n) is 4.63. The van der Waals surface area contributed by atoms with Crippen LogP contribution in [-0.4, -0.2) is 42.6 Å². The lowest BCUT2D eigenvalue weighted by molar-refractivity contribution is 0.0593. The fraction of sp³-hybridized carbons (Fsp3) is 0.538. The second-order valence-corrected chi connectivity index (χ2v) is 4.63. The highest BCUT2D eigenvalue weighted by atomic mass is 16.5. The van der Waals surface area contributed by atoms with Crippen LogP contribution in [0.5, 0.6) is 0 Å². The van der Waals surface area contributed by atoms with Gasteiger partial charge in [0.05, 0.1) is 12.8 Å². The smallest absolute Gasteiger partial charge is 0.356 e. The number of aromatic nitrogens is 1. The van der Waals surface area contributed by atoms with Crippen LogP contribution in [0.2, 0.25) is 0 Å². The molecule has 0 aromatic carbocycles. The Balaban J connectivity index is 1.99. The van der Waals surface area contributed by atoms with Gasteiger partial charge >= 0.3 is 5.97 Å². The van der Waals surface area contributed by atoms with Gasteiger partial charge in [-0.2, -0.15) is 0 Å². The fourth-order valence-corrected chi connectivity index (χ4v) is 2.26. The van der Waals surface area contributed by atoms with Gasteiger partial charge in [-0.3, -0.25) is 4.90 Å². The first kappa shape index (κ1) is 13.0. The molecule has 98 valence electrons. The normalized spacial score (nSPS) is 20.0. The van der Waals surface area contributed by atoms with Crippen molar-refractivity contribution in [2.75, 3.05) is 26.7 Å². The summed E-state index contributed by atoms with van der Waals surface area (Å²) < 4.78 is 4.66. The Kier molecular flexibility index (Phi) is 4.28. The molecule has 1 aliphatic heterocycles. The molecule has 0 radical (unpaired) electrons. The molecule has 0 aliphatic carbocycles. The van der Waals surface area contributed by atoms with Crippen molar-refractivity contribution in [3.8, 4) is 0 Å². The molecule has 2 rings (SSSR count). The highest BCUT2D eigenvalue weighted by Gasteiger charge is 2.21. The average Bonchev–Trinajstić information content (AvgIpc) is 2.86. The summed E-state index contributed by atoms with van der Waals surface area (Å²) in [5.41, 5.74) is 6.93. The number of esters is 1. The maximum atomic E-state index is 11.4. The van der Waals surface area contributed by atoms with E-state index in [-0.39, 0.29) is 0 Å². The second kappa shape index (κ2) is 5.93. The van der Waals surface area contributed by atoms with Crippen LogP contribution in [0.1, 0.15) is 22.6 Å². The Morgan fingerprint density at radius 3 is 3.11 bits per heavy atom. The largest absolute Gasteiger partial charge is 0.464 e. The van der Waals surface area contributed by atoms with Gasteiger partial charge in [0.1, 0.15) is 5.69 Å². The third kappa shape index (κ3) is 3.05. The van der Waals surface area contributed by atoms with Crippen LogP contribution >= 0.6 is 0 Å². The van der Waals surface area contributed by atoms with Gasteiger partial charge in [0.25, 0.3) is 0 Å². The minimum absolute atomic E-state index is 0.365. The first-order chi connectivity index (χ1) is 8.72. The number of carbonyl (C=O) groups excluding carboxylic acids is 1. The molecule has 1 atom stereocenters. The third-order valence-electron chi connectivity index (χ3n) is 3.29. The van der Waals surface area contributed by atoms with E-state index in [4.69, 9.17) is 5.73 Å². The molecule has 0 amide bonds. The van der Waals surface area contributed by atoms with Crippen LogP contribution in [0.4, 0.5) is 0 Å². The summed E-state index contributed by atoms with van der Waals surface area (Å²) in [7, 11) is 1.36. The fourth-order valence-electron chi connectivity index (χ4n) is 2.26. The van der Waals surface area contributed by atoms with Crippen LogP contribution < -0.4 is 5.73 Å². The van der Waals surface area contributed by atoms with Crippen molar-refractivity contribution in [3.05, 3.63) is 29.6 Å². The quantitative estimate of drug-likeness (QED) is 0.793. The van der Waals surface area contributed by atoms with E-state index in [0.717, 1.165) is 38.3 Å². The lowest BCUT2D eigenvalue weighted by Crippen LogP contribution is -2.23. The molecule has 1 saturated heterocycles. The van der Waals surface area contributed by atoms with E-state index in [2.05, 4.69) is 14.6 Å². The van der Waals surface area contributed by atoms with E-state index in [1.807, 2.05) is 12.1 Å². The predicted octanol–water partition coefficient (Wildman–Crippen LogP) is 0.649. The number of carbonyl (C=O) groups is 1. The molecule has 0 bridgehead atoms. The van der Waals surface area contributed by atoms with Gasteiger partial charge in [-0.15, -0.1) is 0 Å². The van der Waals surface area contributed by atoms with E-state index in [0.29, 0.717) is 11.6 Å². The SMILES string of the molecule is COC(=O)c1cccc(CN2CCC(CN)C2)n1. The van der Waals surface area contributed by atoms with E-state index < -0.39 is 5.97 Å². The third-order valence-corrected chi connectivity index (χ3v) is 3.29. The molecule has 5 nitrogen and oxygen atoms in total. The molecular formula is C13H19N3O2. The number of nitrogens with two attached hydrogens (primary N) is 1. The number of pyridine rings is 1. The maximum absolute atomic E-state index is 11.4. The Morgan fingerprint density at radius 2 is 2.44 bits per heavy atom. The van der Waals surface area contributed by atoms with E-state index in [1.165, 1.54) is 7.11 Å². The van der Waals surface area contributed by atoms with Crippen LogP contribution in [0.3, 0.4) is 0 Å². The zero-order valence-electron chi connectivity index (χ0n) is 10.6.